The van der Waals surface area contributed by atoms with Crippen LogP contribution in [0.1, 0.15) is 21.5 Å². The van der Waals surface area contributed by atoms with Gasteiger partial charge < -0.3 is 24.6 Å². The zero-order valence-corrected chi connectivity index (χ0v) is 21.8. The van der Waals surface area contributed by atoms with E-state index in [0.29, 0.717) is 45.8 Å². The van der Waals surface area contributed by atoms with Gasteiger partial charge in [-0.15, -0.1) is 0 Å². The maximum Gasteiger partial charge on any atom is 0.335 e. The Morgan fingerprint density at radius 1 is 1.00 bits per heavy atom. The molecule has 1 heterocycles. The first kappa shape index (κ1) is 27.3. The minimum absolute atomic E-state index is 0.0370. The van der Waals surface area contributed by atoms with Gasteiger partial charge in [-0.2, -0.15) is 0 Å². The van der Waals surface area contributed by atoms with Crippen LogP contribution in [-0.4, -0.2) is 53.8 Å². The molecule has 0 aliphatic carbocycles. The largest absolute Gasteiger partial charge is 0.497 e. The molecule has 3 aromatic rings. The first-order valence-corrected chi connectivity index (χ1v) is 12.4. The number of methoxy groups -OCH3 is 2. The lowest BCUT2D eigenvalue weighted by molar-refractivity contribution is -0.127. The number of carboxylic acids is 1. The molecule has 3 amide bonds. The number of rotatable bonds is 10. The summed E-state index contributed by atoms with van der Waals surface area (Å²) in [7, 11) is 2.99. The van der Waals surface area contributed by atoms with Gasteiger partial charge in [0.25, 0.3) is 11.1 Å². The molecule has 0 unspecified atom stereocenters. The highest BCUT2D eigenvalue weighted by atomic mass is 32.2. The first-order valence-electron chi connectivity index (χ1n) is 11.6. The molecule has 0 bridgehead atoms. The van der Waals surface area contributed by atoms with E-state index in [1.54, 1.807) is 54.6 Å². The standard InChI is InChI=1S/C28H24N2O8S/c1-36-21-11-9-20(10-12-21)29-24(31)15-30-26(32)23(39-28(30)35)14-18-6-4-8-22(37-2)25(18)38-16-17-5-3-7-19(13-17)27(33)34/h3-14H,15-16H2,1-2H3,(H,29,31)(H,33,34)/b23-14+. The Hall–Kier alpha value is -4.77. The molecular weight excluding hydrogens is 524 g/mol. The Morgan fingerprint density at radius 2 is 1.74 bits per heavy atom. The summed E-state index contributed by atoms with van der Waals surface area (Å²) >= 11 is 0.712. The van der Waals surface area contributed by atoms with E-state index in [2.05, 4.69) is 5.32 Å². The van der Waals surface area contributed by atoms with E-state index < -0.39 is 29.6 Å². The van der Waals surface area contributed by atoms with Crippen molar-refractivity contribution in [3.8, 4) is 17.2 Å². The van der Waals surface area contributed by atoms with E-state index in [-0.39, 0.29) is 17.1 Å². The van der Waals surface area contributed by atoms with Crippen molar-refractivity contribution < 1.29 is 38.5 Å². The molecule has 4 rings (SSSR count). The summed E-state index contributed by atoms with van der Waals surface area (Å²) in [4.78, 5) is 50.4. The summed E-state index contributed by atoms with van der Waals surface area (Å²) in [5, 5.41) is 11.3. The molecule has 1 aliphatic rings. The number of carbonyl (C=O) groups is 4. The van der Waals surface area contributed by atoms with Gasteiger partial charge in [-0.25, -0.2) is 4.79 Å². The molecule has 3 aromatic carbocycles. The zero-order chi connectivity index (χ0) is 27.9. The quantitative estimate of drug-likeness (QED) is 0.347. The first-order chi connectivity index (χ1) is 18.8. The summed E-state index contributed by atoms with van der Waals surface area (Å²) in [6.45, 7) is -0.412. The molecule has 0 spiro atoms. The molecule has 0 radical (unpaired) electrons. The summed E-state index contributed by atoms with van der Waals surface area (Å²) < 4.78 is 16.5. The molecule has 10 nitrogen and oxygen atoms in total. The van der Waals surface area contributed by atoms with Gasteiger partial charge in [0.05, 0.1) is 24.7 Å². The van der Waals surface area contributed by atoms with Crippen molar-refractivity contribution in [2.45, 2.75) is 6.61 Å². The fraction of sp³-hybridized carbons (Fsp3) is 0.143. The Labute approximate surface area is 228 Å². The summed E-state index contributed by atoms with van der Waals surface area (Å²) in [6, 6.07) is 18.0. The third-order valence-electron chi connectivity index (χ3n) is 5.62. The summed E-state index contributed by atoms with van der Waals surface area (Å²) in [5.74, 6) is -0.876. The van der Waals surface area contributed by atoms with Crippen molar-refractivity contribution in [2.24, 2.45) is 0 Å². The molecular formula is C28H24N2O8S. The van der Waals surface area contributed by atoms with E-state index in [0.717, 1.165) is 4.90 Å². The Morgan fingerprint density at radius 3 is 2.44 bits per heavy atom. The predicted molar refractivity (Wildman–Crippen MR) is 145 cm³/mol. The van der Waals surface area contributed by atoms with Gasteiger partial charge in [0.15, 0.2) is 11.5 Å². The lowest BCUT2D eigenvalue weighted by atomic mass is 10.1. The van der Waals surface area contributed by atoms with Crippen LogP contribution < -0.4 is 19.5 Å². The second-order valence-electron chi connectivity index (χ2n) is 8.22. The van der Waals surface area contributed by atoms with Crippen LogP contribution in [0, 0.1) is 0 Å². The van der Waals surface area contributed by atoms with Crippen molar-refractivity contribution in [1.29, 1.82) is 0 Å². The number of nitrogens with zero attached hydrogens (tertiary/aromatic N) is 1. The van der Waals surface area contributed by atoms with Gasteiger partial charge in [-0.1, -0.05) is 24.3 Å². The molecule has 11 heteroatoms. The molecule has 0 aromatic heterocycles. The highest BCUT2D eigenvalue weighted by Gasteiger charge is 2.36. The molecule has 200 valence electrons. The molecule has 39 heavy (non-hydrogen) atoms. The smallest absolute Gasteiger partial charge is 0.335 e. The SMILES string of the molecule is COc1ccc(NC(=O)CN2C(=O)S/C(=C/c3cccc(OC)c3OCc3cccc(C(=O)O)c3)C2=O)cc1. The maximum absolute atomic E-state index is 13.0. The van der Waals surface area contributed by atoms with Crippen LogP contribution in [0.4, 0.5) is 10.5 Å². The molecule has 1 saturated heterocycles. The second kappa shape index (κ2) is 12.2. The number of amides is 3. The van der Waals surface area contributed by atoms with E-state index in [4.69, 9.17) is 14.2 Å². The Balaban J connectivity index is 1.50. The Kier molecular flexibility index (Phi) is 8.52. The van der Waals surface area contributed by atoms with Crippen LogP contribution in [0.5, 0.6) is 17.2 Å². The lowest BCUT2D eigenvalue weighted by Crippen LogP contribution is -2.36. The van der Waals surface area contributed by atoms with E-state index in [1.165, 1.54) is 32.4 Å². The normalized spacial score (nSPS) is 13.9. The molecule has 1 aliphatic heterocycles. The molecule has 2 N–H and O–H groups in total. The number of hydrogen-bond donors (Lipinski definition) is 2. The predicted octanol–water partition coefficient (Wildman–Crippen LogP) is 4.66. The minimum atomic E-state index is -1.05. The van der Waals surface area contributed by atoms with Gasteiger partial charge in [0.2, 0.25) is 5.91 Å². The monoisotopic (exact) mass is 548 g/mol. The van der Waals surface area contributed by atoms with Crippen molar-refractivity contribution in [3.05, 3.63) is 88.3 Å². The van der Waals surface area contributed by atoms with Crippen LogP contribution in [0.15, 0.2) is 71.6 Å². The average molecular weight is 549 g/mol. The second-order valence-corrected chi connectivity index (χ2v) is 9.21. The number of aromatic carboxylic acids is 1. The third-order valence-corrected chi connectivity index (χ3v) is 6.53. The number of thioether (sulfide) groups is 1. The van der Waals surface area contributed by atoms with Crippen LogP contribution in [0.25, 0.3) is 6.08 Å². The summed E-state index contributed by atoms with van der Waals surface area (Å²) in [6.07, 6.45) is 1.50. The van der Waals surface area contributed by atoms with Crippen LogP contribution >= 0.6 is 11.8 Å². The zero-order valence-electron chi connectivity index (χ0n) is 21.0. The Bertz CT molecular complexity index is 1450. The number of nitrogens with one attached hydrogen (secondary N) is 1. The molecule has 0 saturated carbocycles. The third kappa shape index (κ3) is 6.57. The highest BCUT2D eigenvalue weighted by molar-refractivity contribution is 8.18. The maximum atomic E-state index is 13.0. The molecule has 0 atom stereocenters. The van der Waals surface area contributed by atoms with Gasteiger partial charge in [-0.3, -0.25) is 19.3 Å². The number of ether oxygens (including phenoxy) is 3. The number of carboxylic acid groups (broad SMARTS) is 1. The van der Waals surface area contributed by atoms with Crippen LogP contribution in [-0.2, 0) is 16.2 Å². The fourth-order valence-corrected chi connectivity index (χ4v) is 4.54. The van der Waals surface area contributed by atoms with E-state index >= 15 is 0 Å². The number of benzene rings is 3. The van der Waals surface area contributed by atoms with Crippen molar-refractivity contribution in [3.63, 3.8) is 0 Å². The highest BCUT2D eigenvalue weighted by Crippen LogP contribution is 2.37. The number of carbonyl (C=O) groups excluding carboxylic acids is 3. The van der Waals surface area contributed by atoms with Crippen LogP contribution in [0.3, 0.4) is 0 Å². The number of hydrogen-bond acceptors (Lipinski definition) is 8. The lowest BCUT2D eigenvalue weighted by Gasteiger charge is -2.14. The number of anilines is 1. The van der Waals surface area contributed by atoms with Gasteiger partial charge >= 0.3 is 5.97 Å². The van der Waals surface area contributed by atoms with Crippen molar-refractivity contribution in [1.82, 2.24) is 4.90 Å². The van der Waals surface area contributed by atoms with Gasteiger partial charge in [-0.05, 0) is 65.9 Å². The van der Waals surface area contributed by atoms with E-state index in [9.17, 15) is 24.3 Å². The van der Waals surface area contributed by atoms with Crippen molar-refractivity contribution in [2.75, 3.05) is 26.1 Å². The molecule has 1 fully saturated rings. The number of imide groups is 1. The minimum Gasteiger partial charge on any atom is -0.497 e. The average Bonchev–Trinajstić information content (AvgIpc) is 3.19. The van der Waals surface area contributed by atoms with Crippen LogP contribution in [0.2, 0.25) is 0 Å². The number of para-hydroxylation sites is 1. The summed E-state index contributed by atoms with van der Waals surface area (Å²) in [5.41, 5.74) is 1.71. The van der Waals surface area contributed by atoms with E-state index in [1.807, 2.05) is 0 Å². The fourth-order valence-electron chi connectivity index (χ4n) is 3.71. The van der Waals surface area contributed by atoms with Crippen molar-refractivity contribution >= 4 is 46.5 Å². The van der Waals surface area contributed by atoms with Gasteiger partial charge in [0.1, 0.15) is 18.9 Å². The topological polar surface area (TPSA) is 131 Å². The van der Waals surface area contributed by atoms with Gasteiger partial charge in [0, 0.05) is 11.3 Å².